The molecule has 2 aliphatic carbocycles. The van der Waals surface area contributed by atoms with Gasteiger partial charge in [-0.15, -0.1) is 0 Å². The quantitative estimate of drug-likeness (QED) is 0.252. The second kappa shape index (κ2) is 13.3. The number of hydrogen-bond acceptors (Lipinski definition) is 0. The van der Waals surface area contributed by atoms with Gasteiger partial charge < -0.3 is 24.8 Å². The van der Waals surface area contributed by atoms with Gasteiger partial charge in [-0.3, -0.25) is 0 Å². The molecule has 0 atom stereocenters. The third-order valence-corrected chi connectivity index (χ3v) is 16.7. The first-order valence-electron chi connectivity index (χ1n) is 15.1. The number of rotatable bonds is 6. The van der Waals surface area contributed by atoms with Gasteiger partial charge in [-0.1, -0.05) is 0 Å². The van der Waals surface area contributed by atoms with Crippen LogP contribution in [0.15, 0.2) is 149 Å². The van der Waals surface area contributed by atoms with Crippen molar-refractivity contribution in [3.8, 4) is 11.1 Å². The van der Waals surface area contributed by atoms with E-state index in [0.717, 1.165) is 25.7 Å². The van der Waals surface area contributed by atoms with Gasteiger partial charge in [0.15, 0.2) is 0 Å². The van der Waals surface area contributed by atoms with Gasteiger partial charge in [0.2, 0.25) is 0 Å². The molecule has 0 aliphatic heterocycles. The summed E-state index contributed by atoms with van der Waals surface area (Å²) in [5.41, 5.74) is 8.88. The van der Waals surface area contributed by atoms with Gasteiger partial charge >= 0.3 is 257 Å². The Morgan fingerprint density at radius 2 is 1.14 bits per heavy atom. The molecule has 2 aliphatic rings. The summed E-state index contributed by atoms with van der Waals surface area (Å²) in [6.45, 7) is 0. The van der Waals surface area contributed by atoms with E-state index >= 15 is 0 Å². The smallest absolute Gasteiger partial charge is 1.00 e. The Hall–Kier alpha value is -3.35. The fraction of sp³-hybridized carbons (Fsp3) is 0.0976. The fourth-order valence-corrected chi connectivity index (χ4v) is 15.3. The van der Waals surface area contributed by atoms with Crippen molar-refractivity contribution in [2.75, 3.05) is 0 Å². The minimum absolute atomic E-state index is 0. The van der Waals surface area contributed by atoms with Crippen LogP contribution in [0.1, 0.15) is 28.7 Å². The summed E-state index contributed by atoms with van der Waals surface area (Å²) in [6, 6.07) is 47.9. The van der Waals surface area contributed by atoms with Crippen LogP contribution in [0, 0.1) is 0 Å². The Morgan fingerprint density at radius 3 is 1.80 bits per heavy atom. The van der Waals surface area contributed by atoms with Gasteiger partial charge in [0.1, 0.15) is 0 Å². The summed E-state index contributed by atoms with van der Waals surface area (Å²) in [7, 11) is 0. The van der Waals surface area contributed by atoms with Gasteiger partial charge in [0.25, 0.3) is 0 Å². The SMILES string of the molecule is C1=CC[C]([Zr+2](=[C](Cc2cccc3ccccc23)Cc2cccc3ccccc23)[c]2cccc3c2Cc2ccccc2-3)=C1.[Cl-].[Cl-]. The topological polar surface area (TPSA) is 0 Å². The van der Waals surface area contributed by atoms with Crippen LogP contribution in [0.4, 0.5) is 0 Å². The summed E-state index contributed by atoms with van der Waals surface area (Å²) in [6.07, 6.45) is 11.4. The average Bonchev–Trinajstić information content (AvgIpc) is 3.71. The molecule has 0 radical (unpaired) electrons. The number of fused-ring (bicyclic) bond motifs is 5. The van der Waals surface area contributed by atoms with Crippen molar-refractivity contribution in [2.45, 2.75) is 25.7 Å². The Kier molecular flexibility index (Phi) is 9.30. The molecule has 214 valence electrons. The molecule has 0 bridgehead atoms. The van der Waals surface area contributed by atoms with Gasteiger partial charge in [0, 0.05) is 0 Å². The van der Waals surface area contributed by atoms with E-state index in [9.17, 15) is 0 Å². The largest absolute Gasteiger partial charge is 1.00 e. The minimum atomic E-state index is -2.54. The van der Waals surface area contributed by atoms with E-state index in [1.165, 1.54) is 49.4 Å². The molecule has 0 aromatic heterocycles. The molecule has 0 saturated carbocycles. The van der Waals surface area contributed by atoms with Crippen molar-refractivity contribution in [3.05, 3.63) is 171 Å². The Bertz CT molecular complexity index is 2010. The van der Waals surface area contributed by atoms with Crippen LogP contribution in [0.25, 0.3) is 32.7 Å². The number of benzene rings is 6. The molecule has 0 N–H and O–H groups in total. The van der Waals surface area contributed by atoms with Gasteiger partial charge in [-0.05, 0) is 0 Å². The maximum absolute atomic E-state index is 2.54. The summed E-state index contributed by atoms with van der Waals surface area (Å²) in [5, 5.41) is 5.45. The fourth-order valence-electron chi connectivity index (χ4n) is 7.21. The molecule has 0 nitrogen and oxygen atoms in total. The van der Waals surface area contributed by atoms with E-state index in [4.69, 9.17) is 0 Å². The molecule has 0 heterocycles. The maximum atomic E-state index is 2.50. The van der Waals surface area contributed by atoms with E-state index in [-0.39, 0.29) is 24.8 Å². The molecule has 6 aromatic rings. The van der Waals surface area contributed by atoms with Crippen molar-refractivity contribution >= 4 is 28.0 Å². The van der Waals surface area contributed by atoms with Crippen molar-refractivity contribution in [1.82, 2.24) is 0 Å². The minimum Gasteiger partial charge on any atom is -1.00 e. The van der Waals surface area contributed by atoms with E-state index in [1.807, 2.05) is 0 Å². The predicted molar refractivity (Wildman–Crippen MR) is 176 cm³/mol. The Labute approximate surface area is 280 Å². The Morgan fingerprint density at radius 1 is 0.568 bits per heavy atom. The number of halogens is 2. The van der Waals surface area contributed by atoms with Crippen LogP contribution in [-0.4, -0.2) is 3.21 Å². The van der Waals surface area contributed by atoms with Crippen LogP contribution >= 0.6 is 0 Å². The molecule has 6 aromatic carbocycles. The van der Waals surface area contributed by atoms with Gasteiger partial charge in [-0.2, -0.15) is 0 Å². The molecule has 0 spiro atoms. The second-order valence-electron chi connectivity index (χ2n) is 11.6. The molecule has 0 amide bonds. The van der Waals surface area contributed by atoms with E-state index in [0.29, 0.717) is 0 Å². The zero-order valence-corrected chi connectivity index (χ0v) is 28.4. The second-order valence-corrected chi connectivity index (χ2v) is 18.1. The molecule has 8 rings (SSSR count). The van der Waals surface area contributed by atoms with E-state index < -0.39 is 21.3 Å². The van der Waals surface area contributed by atoms with Crippen molar-refractivity contribution in [1.29, 1.82) is 0 Å². The van der Waals surface area contributed by atoms with Crippen LogP contribution in [0.3, 0.4) is 0 Å². The number of allylic oxidation sites excluding steroid dienone is 4. The summed E-state index contributed by atoms with van der Waals surface area (Å²) < 4.78 is 5.15. The molecule has 0 saturated heterocycles. The van der Waals surface area contributed by atoms with Gasteiger partial charge in [0.05, 0.1) is 0 Å². The van der Waals surface area contributed by atoms with Crippen molar-refractivity contribution in [2.24, 2.45) is 0 Å². The van der Waals surface area contributed by atoms with Crippen LogP contribution in [0.2, 0.25) is 0 Å². The van der Waals surface area contributed by atoms with Crippen LogP contribution in [-0.2, 0) is 40.5 Å². The standard InChI is InChI=1S/C23H18.C13H9.C5H5.2ClH.Zr/c1-3-16-22-18(8-1)10-5-12-20(22)14-7-15-21-13-6-11-19-9-2-4-17-23(19)21;1-3-7-12-10(5-1)9-11-6-2-4-8-13(11)12;1-2-4-5-3-1;;;/h1-6,8-13,16-17H,14-15H2;1-5,7-8H,9H2;1-3H,4H2;2*1H;/q;;;;;+2/p-2. The normalized spacial score (nSPS) is 12.5. The molecular formula is C41H32Cl2Zr. The molecular weight excluding hydrogens is 655 g/mol. The third kappa shape index (κ3) is 5.63. The summed E-state index contributed by atoms with van der Waals surface area (Å²) in [5.74, 6) is 0. The zero-order valence-electron chi connectivity index (χ0n) is 24.4. The predicted octanol–water partition coefficient (Wildman–Crippen LogP) is 3.32. The third-order valence-electron chi connectivity index (χ3n) is 9.13. The van der Waals surface area contributed by atoms with Crippen molar-refractivity contribution in [3.63, 3.8) is 0 Å². The first-order chi connectivity index (χ1) is 20.8. The summed E-state index contributed by atoms with van der Waals surface area (Å²) >= 11 is -2.54. The maximum Gasteiger partial charge on any atom is -1.00 e. The molecule has 44 heavy (non-hydrogen) atoms. The number of hydrogen-bond donors (Lipinski definition) is 0. The van der Waals surface area contributed by atoms with E-state index in [1.54, 1.807) is 15.3 Å². The van der Waals surface area contributed by atoms with Gasteiger partial charge in [-0.25, -0.2) is 0 Å². The van der Waals surface area contributed by atoms with E-state index in [2.05, 4.69) is 146 Å². The zero-order chi connectivity index (χ0) is 27.9. The first kappa shape index (κ1) is 30.7. The molecule has 0 fully saturated rings. The van der Waals surface area contributed by atoms with Crippen LogP contribution < -0.4 is 28.1 Å². The summed E-state index contributed by atoms with van der Waals surface area (Å²) in [4.78, 5) is 0. The first-order valence-corrected chi connectivity index (χ1v) is 18.7. The van der Waals surface area contributed by atoms with Crippen molar-refractivity contribution < 1.29 is 46.1 Å². The van der Waals surface area contributed by atoms with Crippen LogP contribution in [0.5, 0.6) is 0 Å². The Balaban J connectivity index is 0.00000171. The molecule has 3 heteroatoms. The average molecular weight is 687 g/mol. The monoisotopic (exact) mass is 684 g/mol. The molecule has 0 unspecified atom stereocenters.